The fourth-order valence-electron chi connectivity index (χ4n) is 2.96. The summed E-state index contributed by atoms with van der Waals surface area (Å²) in [6.07, 6.45) is 1.58. The number of hydrogen-bond donors (Lipinski definition) is 1. The molecule has 6 nitrogen and oxygen atoms in total. The summed E-state index contributed by atoms with van der Waals surface area (Å²) >= 11 is 0. The van der Waals surface area contributed by atoms with Gasteiger partial charge < -0.3 is 10.1 Å². The third kappa shape index (κ3) is 3.60. The van der Waals surface area contributed by atoms with Crippen LogP contribution in [0.5, 0.6) is 5.75 Å². The van der Waals surface area contributed by atoms with E-state index in [9.17, 15) is 14.4 Å². The van der Waals surface area contributed by atoms with Crippen LogP contribution in [-0.2, 0) is 6.54 Å². The predicted octanol–water partition coefficient (Wildman–Crippen LogP) is 2.80. The molecule has 27 heavy (non-hydrogen) atoms. The van der Waals surface area contributed by atoms with Crippen LogP contribution in [0.2, 0.25) is 0 Å². The number of hydrogen-bond acceptors (Lipinski definition) is 4. The summed E-state index contributed by atoms with van der Waals surface area (Å²) in [7, 11) is 0. The zero-order chi connectivity index (χ0) is 19.4. The highest BCUT2D eigenvalue weighted by atomic mass is 16.5. The Balaban J connectivity index is 1.87. The van der Waals surface area contributed by atoms with Crippen molar-refractivity contribution >= 4 is 17.7 Å². The zero-order valence-electron chi connectivity index (χ0n) is 15.0. The smallest absolute Gasteiger partial charge is 0.261 e. The van der Waals surface area contributed by atoms with Gasteiger partial charge in [0.15, 0.2) is 0 Å². The summed E-state index contributed by atoms with van der Waals surface area (Å²) in [5.74, 6) is -0.517. The number of carbonyl (C=O) groups excluding carboxylic acids is 3. The first-order valence-electron chi connectivity index (χ1n) is 8.66. The second kappa shape index (κ2) is 7.86. The largest absolute Gasteiger partial charge is 0.493 e. The molecule has 1 aliphatic rings. The van der Waals surface area contributed by atoms with Crippen LogP contribution in [0.4, 0.5) is 0 Å². The molecule has 0 bridgehead atoms. The van der Waals surface area contributed by atoms with Crippen LogP contribution in [0.15, 0.2) is 55.1 Å². The third-order valence-electron chi connectivity index (χ3n) is 4.21. The molecule has 1 N–H and O–H groups in total. The zero-order valence-corrected chi connectivity index (χ0v) is 15.0. The van der Waals surface area contributed by atoms with E-state index in [1.165, 1.54) is 4.90 Å². The number of carbonyl (C=O) groups is 3. The van der Waals surface area contributed by atoms with Crippen LogP contribution in [0.25, 0.3) is 0 Å². The summed E-state index contributed by atoms with van der Waals surface area (Å²) in [6.45, 7) is 6.24. The van der Waals surface area contributed by atoms with Gasteiger partial charge in [0, 0.05) is 6.54 Å². The molecular formula is C21H20N2O4. The first-order valence-corrected chi connectivity index (χ1v) is 8.66. The van der Waals surface area contributed by atoms with E-state index in [4.69, 9.17) is 4.74 Å². The van der Waals surface area contributed by atoms with Gasteiger partial charge in [0.25, 0.3) is 17.7 Å². The molecule has 3 rings (SSSR count). The van der Waals surface area contributed by atoms with Gasteiger partial charge in [-0.05, 0) is 36.8 Å². The predicted molar refractivity (Wildman–Crippen MR) is 101 cm³/mol. The molecular weight excluding hydrogens is 344 g/mol. The van der Waals surface area contributed by atoms with E-state index in [-0.39, 0.29) is 24.3 Å². The summed E-state index contributed by atoms with van der Waals surface area (Å²) < 4.78 is 5.52. The normalized spacial score (nSPS) is 12.7. The summed E-state index contributed by atoms with van der Waals surface area (Å²) in [5.41, 5.74) is 1.82. The molecule has 138 valence electrons. The number of benzene rings is 2. The number of imide groups is 1. The monoisotopic (exact) mass is 364 g/mol. The Morgan fingerprint density at radius 3 is 2.41 bits per heavy atom. The van der Waals surface area contributed by atoms with Gasteiger partial charge in [-0.2, -0.15) is 0 Å². The first-order chi connectivity index (χ1) is 13.1. The van der Waals surface area contributed by atoms with Crippen LogP contribution in [0, 0.1) is 0 Å². The molecule has 6 heteroatoms. The van der Waals surface area contributed by atoms with Crippen molar-refractivity contribution in [3.8, 4) is 5.75 Å². The number of fused-ring (bicyclic) bond motifs is 1. The lowest BCUT2D eigenvalue weighted by atomic mass is 10.1. The minimum absolute atomic E-state index is 0.0838. The Bertz CT molecular complexity index is 885. The van der Waals surface area contributed by atoms with Crippen molar-refractivity contribution in [2.45, 2.75) is 13.5 Å². The van der Waals surface area contributed by atoms with E-state index < -0.39 is 0 Å². The number of nitrogens with zero attached hydrogens (tertiary/aromatic N) is 1. The van der Waals surface area contributed by atoms with Crippen LogP contribution < -0.4 is 10.1 Å². The Labute approximate surface area is 157 Å². The lowest BCUT2D eigenvalue weighted by Gasteiger charge is -2.16. The molecule has 1 aliphatic heterocycles. The molecule has 2 aromatic carbocycles. The Morgan fingerprint density at radius 2 is 1.81 bits per heavy atom. The fourth-order valence-corrected chi connectivity index (χ4v) is 2.96. The van der Waals surface area contributed by atoms with Gasteiger partial charge in [0.05, 0.1) is 29.8 Å². The number of amides is 3. The van der Waals surface area contributed by atoms with Crippen LogP contribution in [0.1, 0.15) is 43.6 Å². The quantitative estimate of drug-likeness (QED) is 0.605. The van der Waals surface area contributed by atoms with Gasteiger partial charge >= 0.3 is 0 Å². The minimum Gasteiger partial charge on any atom is -0.493 e. The van der Waals surface area contributed by atoms with Gasteiger partial charge in [0.2, 0.25) is 0 Å². The van der Waals surface area contributed by atoms with Crippen molar-refractivity contribution in [1.82, 2.24) is 10.2 Å². The molecule has 3 amide bonds. The van der Waals surface area contributed by atoms with Crippen molar-refractivity contribution < 1.29 is 19.1 Å². The number of rotatable bonds is 7. The van der Waals surface area contributed by atoms with Gasteiger partial charge in [0.1, 0.15) is 5.75 Å². The standard InChI is InChI=1S/C21H20N2O4/c1-3-11-22-19(24)17-12-14(9-10-18(17)27-4-2)13-23-20(25)15-7-5-6-8-16(15)21(23)26/h3,5-10,12H,1,4,11,13H2,2H3,(H,22,24). The van der Waals surface area contributed by atoms with Crippen molar-refractivity contribution in [2.75, 3.05) is 13.2 Å². The van der Waals surface area contributed by atoms with E-state index in [0.717, 1.165) is 0 Å². The Kier molecular flexibility index (Phi) is 5.35. The van der Waals surface area contributed by atoms with Crippen LogP contribution in [-0.4, -0.2) is 35.8 Å². The average Bonchev–Trinajstić information content (AvgIpc) is 2.92. The highest BCUT2D eigenvalue weighted by Crippen LogP contribution is 2.26. The number of ether oxygens (including phenoxy) is 1. The van der Waals surface area contributed by atoms with Crippen molar-refractivity contribution in [3.63, 3.8) is 0 Å². The summed E-state index contributed by atoms with van der Waals surface area (Å²) in [5, 5.41) is 2.72. The Morgan fingerprint density at radius 1 is 1.15 bits per heavy atom. The van der Waals surface area contributed by atoms with Crippen molar-refractivity contribution in [2.24, 2.45) is 0 Å². The SMILES string of the molecule is C=CCNC(=O)c1cc(CN2C(=O)c3ccccc3C2=O)ccc1OCC. The van der Waals surface area contributed by atoms with E-state index in [1.54, 1.807) is 48.5 Å². The molecule has 1 heterocycles. The lowest BCUT2D eigenvalue weighted by Crippen LogP contribution is -2.29. The highest BCUT2D eigenvalue weighted by molar-refractivity contribution is 6.21. The van der Waals surface area contributed by atoms with Crippen LogP contribution in [0.3, 0.4) is 0 Å². The van der Waals surface area contributed by atoms with E-state index in [0.29, 0.717) is 41.2 Å². The molecule has 0 saturated heterocycles. The molecule has 0 aromatic heterocycles. The van der Waals surface area contributed by atoms with Gasteiger partial charge in [-0.3, -0.25) is 19.3 Å². The van der Waals surface area contributed by atoms with E-state index in [2.05, 4.69) is 11.9 Å². The maximum Gasteiger partial charge on any atom is 0.261 e. The molecule has 0 unspecified atom stereocenters. The first kappa shape index (κ1) is 18.4. The summed E-state index contributed by atoms with van der Waals surface area (Å²) in [4.78, 5) is 38.7. The molecule has 0 fully saturated rings. The van der Waals surface area contributed by atoms with Gasteiger partial charge in [-0.1, -0.05) is 24.3 Å². The van der Waals surface area contributed by atoms with E-state index >= 15 is 0 Å². The summed E-state index contributed by atoms with van der Waals surface area (Å²) in [6, 6.07) is 11.8. The highest BCUT2D eigenvalue weighted by Gasteiger charge is 2.35. The lowest BCUT2D eigenvalue weighted by molar-refractivity contribution is 0.0642. The molecule has 0 radical (unpaired) electrons. The fraction of sp³-hybridized carbons (Fsp3) is 0.190. The minimum atomic E-state index is -0.331. The van der Waals surface area contributed by atoms with Crippen LogP contribution >= 0.6 is 0 Å². The topological polar surface area (TPSA) is 75.7 Å². The maximum atomic E-state index is 12.5. The second-order valence-electron chi connectivity index (χ2n) is 6.00. The molecule has 0 spiro atoms. The maximum absolute atomic E-state index is 12.5. The van der Waals surface area contributed by atoms with Crippen molar-refractivity contribution in [1.29, 1.82) is 0 Å². The number of nitrogens with one attached hydrogen (secondary N) is 1. The molecule has 2 aromatic rings. The van der Waals surface area contributed by atoms with Gasteiger partial charge in [-0.25, -0.2) is 0 Å². The second-order valence-corrected chi connectivity index (χ2v) is 6.00. The molecule has 0 saturated carbocycles. The third-order valence-corrected chi connectivity index (χ3v) is 4.21. The molecule has 0 atom stereocenters. The van der Waals surface area contributed by atoms with Gasteiger partial charge in [-0.15, -0.1) is 6.58 Å². The average molecular weight is 364 g/mol. The van der Waals surface area contributed by atoms with E-state index in [1.807, 2.05) is 6.92 Å². The Hall–Kier alpha value is -3.41. The van der Waals surface area contributed by atoms with Crippen molar-refractivity contribution in [3.05, 3.63) is 77.4 Å². The molecule has 0 aliphatic carbocycles.